The fraction of sp³-hybridized carbons (Fsp3) is 0.440. The summed E-state index contributed by atoms with van der Waals surface area (Å²) in [6.07, 6.45) is 2.09. The van der Waals surface area contributed by atoms with Crippen LogP contribution in [0.3, 0.4) is 0 Å². The SMILES string of the molecule is CC(=O)Nc1ccc(SC(C)C(=O)NCCCCN2CCN(c3ccccc3)CC2)cc1. The number of amides is 2. The Kier molecular flexibility index (Phi) is 9.43. The van der Waals surface area contributed by atoms with Gasteiger partial charge in [-0.15, -0.1) is 11.8 Å². The van der Waals surface area contributed by atoms with Crippen LogP contribution in [0.4, 0.5) is 11.4 Å². The molecule has 0 radical (unpaired) electrons. The number of thioether (sulfide) groups is 1. The lowest BCUT2D eigenvalue weighted by Crippen LogP contribution is -2.46. The lowest BCUT2D eigenvalue weighted by molar-refractivity contribution is -0.120. The molecule has 1 aliphatic heterocycles. The number of carbonyl (C=O) groups is 2. The Labute approximate surface area is 195 Å². The second kappa shape index (κ2) is 12.5. The molecule has 1 unspecified atom stereocenters. The molecule has 0 saturated carbocycles. The first-order chi connectivity index (χ1) is 15.5. The molecule has 0 aliphatic carbocycles. The summed E-state index contributed by atoms with van der Waals surface area (Å²) in [5.41, 5.74) is 2.07. The fourth-order valence-electron chi connectivity index (χ4n) is 3.76. The zero-order chi connectivity index (χ0) is 22.8. The van der Waals surface area contributed by atoms with Crippen molar-refractivity contribution in [3.63, 3.8) is 0 Å². The molecular weight excluding hydrogens is 420 g/mol. The minimum atomic E-state index is -0.160. The monoisotopic (exact) mass is 454 g/mol. The normalized spacial score (nSPS) is 15.2. The first kappa shape index (κ1) is 24.1. The summed E-state index contributed by atoms with van der Waals surface area (Å²) in [6.45, 7) is 9.54. The molecule has 2 N–H and O–H groups in total. The molecule has 2 aromatic carbocycles. The maximum Gasteiger partial charge on any atom is 0.233 e. The number of piperazine rings is 1. The van der Waals surface area contributed by atoms with Gasteiger partial charge in [0.15, 0.2) is 0 Å². The summed E-state index contributed by atoms with van der Waals surface area (Å²) < 4.78 is 0. The van der Waals surface area contributed by atoms with Crippen molar-refractivity contribution in [1.82, 2.24) is 10.2 Å². The minimum absolute atomic E-state index is 0.0670. The molecule has 1 saturated heterocycles. The molecule has 2 amide bonds. The third-order valence-electron chi connectivity index (χ3n) is 5.55. The largest absolute Gasteiger partial charge is 0.369 e. The topological polar surface area (TPSA) is 64.7 Å². The van der Waals surface area contributed by atoms with Crippen molar-refractivity contribution in [2.45, 2.75) is 36.8 Å². The van der Waals surface area contributed by atoms with Crippen molar-refractivity contribution < 1.29 is 9.59 Å². The van der Waals surface area contributed by atoms with E-state index in [1.165, 1.54) is 24.4 Å². The van der Waals surface area contributed by atoms with Gasteiger partial charge in [-0.25, -0.2) is 0 Å². The minimum Gasteiger partial charge on any atom is -0.369 e. The highest BCUT2D eigenvalue weighted by atomic mass is 32.2. The number of nitrogens with zero attached hydrogens (tertiary/aromatic N) is 2. The molecule has 0 aromatic heterocycles. The summed E-state index contributed by atoms with van der Waals surface area (Å²) in [4.78, 5) is 29.5. The number of carbonyl (C=O) groups excluding carboxylic acids is 2. The Morgan fingerprint density at radius 1 is 0.969 bits per heavy atom. The summed E-state index contributed by atoms with van der Waals surface area (Å²) in [5.74, 6) is -0.0231. The Hall–Kier alpha value is -2.51. The van der Waals surface area contributed by atoms with Crippen LogP contribution < -0.4 is 15.5 Å². The lowest BCUT2D eigenvalue weighted by Gasteiger charge is -2.36. The van der Waals surface area contributed by atoms with E-state index in [2.05, 4.69) is 50.8 Å². The highest BCUT2D eigenvalue weighted by Gasteiger charge is 2.17. The lowest BCUT2D eigenvalue weighted by atomic mass is 10.2. The summed E-state index contributed by atoms with van der Waals surface area (Å²) in [5, 5.41) is 5.65. The maximum atomic E-state index is 12.4. The van der Waals surface area contributed by atoms with Crippen LogP contribution in [0.2, 0.25) is 0 Å². The molecule has 1 atom stereocenters. The number of benzene rings is 2. The first-order valence-electron chi connectivity index (χ1n) is 11.4. The number of hydrogen-bond donors (Lipinski definition) is 2. The molecule has 1 heterocycles. The van der Waals surface area contributed by atoms with Crippen LogP contribution in [-0.2, 0) is 9.59 Å². The Morgan fingerprint density at radius 3 is 2.31 bits per heavy atom. The van der Waals surface area contributed by atoms with Crippen molar-refractivity contribution in [3.05, 3.63) is 54.6 Å². The average molecular weight is 455 g/mol. The van der Waals surface area contributed by atoms with Gasteiger partial charge in [0, 0.05) is 55.9 Å². The predicted molar refractivity (Wildman–Crippen MR) is 133 cm³/mol. The third kappa shape index (κ3) is 7.88. The Morgan fingerprint density at radius 2 is 1.66 bits per heavy atom. The van der Waals surface area contributed by atoms with Crippen molar-refractivity contribution >= 4 is 35.0 Å². The maximum absolute atomic E-state index is 12.4. The van der Waals surface area contributed by atoms with Gasteiger partial charge < -0.3 is 15.5 Å². The zero-order valence-corrected chi connectivity index (χ0v) is 19.9. The molecule has 0 spiro atoms. The standard InChI is InChI=1S/C25H34N4O2S/c1-20(32-24-12-10-22(11-13-24)27-21(2)30)25(31)26-14-6-7-15-28-16-18-29(19-17-28)23-8-4-3-5-9-23/h3-5,8-13,20H,6-7,14-19H2,1-2H3,(H,26,31)(H,27,30). The van der Waals surface area contributed by atoms with E-state index in [0.717, 1.165) is 62.7 Å². The van der Waals surface area contributed by atoms with Gasteiger partial charge in [0.1, 0.15) is 0 Å². The van der Waals surface area contributed by atoms with E-state index in [0.29, 0.717) is 0 Å². The number of unbranched alkanes of at least 4 members (excludes halogenated alkanes) is 1. The van der Waals surface area contributed by atoms with Gasteiger partial charge in [-0.2, -0.15) is 0 Å². The molecule has 32 heavy (non-hydrogen) atoms. The summed E-state index contributed by atoms with van der Waals surface area (Å²) in [7, 11) is 0. The van der Waals surface area contributed by atoms with Crippen LogP contribution in [0.1, 0.15) is 26.7 Å². The highest BCUT2D eigenvalue weighted by molar-refractivity contribution is 8.00. The van der Waals surface area contributed by atoms with Gasteiger partial charge in [0.25, 0.3) is 0 Å². The van der Waals surface area contributed by atoms with Crippen LogP contribution in [0.5, 0.6) is 0 Å². The first-order valence-corrected chi connectivity index (χ1v) is 12.2. The van der Waals surface area contributed by atoms with E-state index < -0.39 is 0 Å². The van der Waals surface area contributed by atoms with Crippen LogP contribution in [0, 0.1) is 0 Å². The number of para-hydroxylation sites is 1. The predicted octanol–water partition coefficient (Wildman–Crippen LogP) is 3.84. The molecule has 7 heteroatoms. The van der Waals surface area contributed by atoms with Crippen molar-refractivity contribution in [2.24, 2.45) is 0 Å². The molecule has 0 bridgehead atoms. The molecule has 1 fully saturated rings. The van der Waals surface area contributed by atoms with Gasteiger partial charge in [0.05, 0.1) is 5.25 Å². The van der Waals surface area contributed by atoms with E-state index in [4.69, 9.17) is 0 Å². The van der Waals surface area contributed by atoms with E-state index in [1.807, 2.05) is 31.2 Å². The number of rotatable bonds is 10. The number of nitrogens with one attached hydrogen (secondary N) is 2. The molecule has 2 aromatic rings. The van der Waals surface area contributed by atoms with E-state index in [1.54, 1.807) is 0 Å². The quantitative estimate of drug-likeness (QED) is 0.422. The second-order valence-corrected chi connectivity index (χ2v) is 9.54. The summed E-state index contributed by atoms with van der Waals surface area (Å²) in [6, 6.07) is 18.2. The van der Waals surface area contributed by atoms with Crippen molar-refractivity contribution in [1.29, 1.82) is 0 Å². The molecule has 172 valence electrons. The highest BCUT2D eigenvalue weighted by Crippen LogP contribution is 2.25. The smallest absolute Gasteiger partial charge is 0.233 e. The molecule has 1 aliphatic rings. The number of hydrogen-bond acceptors (Lipinski definition) is 5. The fourth-order valence-corrected chi connectivity index (χ4v) is 4.65. The second-order valence-electron chi connectivity index (χ2n) is 8.13. The van der Waals surface area contributed by atoms with Crippen LogP contribution in [0.15, 0.2) is 59.5 Å². The average Bonchev–Trinajstić information content (AvgIpc) is 2.80. The van der Waals surface area contributed by atoms with E-state index in [-0.39, 0.29) is 17.1 Å². The van der Waals surface area contributed by atoms with Crippen LogP contribution in [0.25, 0.3) is 0 Å². The van der Waals surface area contributed by atoms with Gasteiger partial charge in [-0.1, -0.05) is 18.2 Å². The van der Waals surface area contributed by atoms with Gasteiger partial charge in [0.2, 0.25) is 11.8 Å². The van der Waals surface area contributed by atoms with Crippen molar-refractivity contribution in [3.8, 4) is 0 Å². The van der Waals surface area contributed by atoms with Crippen molar-refractivity contribution in [2.75, 3.05) is 49.5 Å². The molecule has 6 nitrogen and oxygen atoms in total. The summed E-state index contributed by atoms with van der Waals surface area (Å²) >= 11 is 1.53. The molecule has 3 rings (SSSR count). The zero-order valence-electron chi connectivity index (χ0n) is 19.0. The Bertz CT molecular complexity index is 852. The van der Waals surface area contributed by atoms with Gasteiger partial charge in [-0.05, 0) is 62.7 Å². The van der Waals surface area contributed by atoms with E-state index >= 15 is 0 Å². The van der Waals surface area contributed by atoms with Gasteiger partial charge >= 0.3 is 0 Å². The van der Waals surface area contributed by atoms with Crippen LogP contribution in [-0.4, -0.2) is 61.2 Å². The molecular formula is C25H34N4O2S. The van der Waals surface area contributed by atoms with Gasteiger partial charge in [-0.3, -0.25) is 14.5 Å². The van der Waals surface area contributed by atoms with E-state index in [9.17, 15) is 9.59 Å². The third-order valence-corrected chi connectivity index (χ3v) is 6.66. The van der Waals surface area contributed by atoms with Crippen LogP contribution >= 0.6 is 11.8 Å². The number of anilines is 2. The Balaban J connectivity index is 1.27.